The van der Waals surface area contributed by atoms with E-state index in [2.05, 4.69) is 22.8 Å². The van der Waals surface area contributed by atoms with Crippen LogP contribution in [0.1, 0.15) is 5.56 Å². The molecule has 118 valence electrons. The van der Waals surface area contributed by atoms with E-state index in [0.717, 1.165) is 37.7 Å². The summed E-state index contributed by atoms with van der Waals surface area (Å²) in [5.41, 5.74) is 2.19. The summed E-state index contributed by atoms with van der Waals surface area (Å²) >= 11 is 0. The average Bonchev–Trinajstić information content (AvgIpc) is 2.58. The van der Waals surface area contributed by atoms with Crippen molar-refractivity contribution < 1.29 is 9.47 Å². The highest BCUT2D eigenvalue weighted by Crippen LogP contribution is 2.24. The third kappa shape index (κ3) is 5.76. The topological polar surface area (TPSA) is 42.5 Å². The van der Waals surface area contributed by atoms with Crippen molar-refractivity contribution in [1.82, 2.24) is 5.32 Å². The lowest BCUT2D eigenvalue weighted by Crippen LogP contribution is -2.25. The number of ether oxygens (including phenoxy) is 2. The van der Waals surface area contributed by atoms with Crippen molar-refractivity contribution in [2.45, 2.75) is 6.61 Å². The van der Waals surface area contributed by atoms with Crippen LogP contribution in [0.25, 0.3) is 0 Å². The Kier molecular flexibility index (Phi) is 7.29. The van der Waals surface area contributed by atoms with Gasteiger partial charge in [-0.25, -0.2) is 0 Å². The highest BCUT2D eigenvalue weighted by molar-refractivity contribution is 5.56. The first-order chi connectivity index (χ1) is 10.9. The van der Waals surface area contributed by atoms with E-state index < -0.39 is 0 Å². The molecular formula is C18H24N2O2. The normalized spacial score (nSPS) is 10.4. The summed E-state index contributed by atoms with van der Waals surface area (Å²) in [6, 6.07) is 18.2. The maximum atomic E-state index is 5.92. The number of rotatable bonds is 10. The van der Waals surface area contributed by atoms with E-state index in [1.165, 1.54) is 5.56 Å². The molecule has 0 amide bonds. The number of anilines is 1. The maximum Gasteiger partial charge on any atom is 0.142 e. The third-order valence-corrected chi connectivity index (χ3v) is 3.22. The molecule has 4 heteroatoms. The molecule has 0 radical (unpaired) electrons. The van der Waals surface area contributed by atoms with Gasteiger partial charge in [-0.2, -0.15) is 0 Å². The molecule has 0 fully saturated rings. The van der Waals surface area contributed by atoms with E-state index in [-0.39, 0.29) is 0 Å². The molecule has 2 aromatic carbocycles. The van der Waals surface area contributed by atoms with Gasteiger partial charge in [0.1, 0.15) is 12.4 Å². The monoisotopic (exact) mass is 300 g/mol. The second kappa shape index (κ2) is 9.82. The highest BCUT2D eigenvalue weighted by Gasteiger charge is 2.02. The van der Waals surface area contributed by atoms with Gasteiger partial charge in [0.25, 0.3) is 0 Å². The van der Waals surface area contributed by atoms with Crippen LogP contribution in [0.2, 0.25) is 0 Å². The van der Waals surface area contributed by atoms with Crippen LogP contribution in [0.3, 0.4) is 0 Å². The summed E-state index contributed by atoms with van der Waals surface area (Å²) in [4.78, 5) is 0. The Balaban J connectivity index is 1.79. The molecule has 0 aliphatic heterocycles. The van der Waals surface area contributed by atoms with Gasteiger partial charge in [0, 0.05) is 26.7 Å². The molecule has 22 heavy (non-hydrogen) atoms. The van der Waals surface area contributed by atoms with Crippen molar-refractivity contribution >= 4 is 5.69 Å². The van der Waals surface area contributed by atoms with Crippen molar-refractivity contribution in [3.05, 3.63) is 60.2 Å². The molecule has 4 nitrogen and oxygen atoms in total. The lowest BCUT2D eigenvalue weighted by molar-refractivity contribution is 0.200. The lowest BCUT2D eigenvalue weighted by atomic mass is 10.2. The first-order valence-electron chi connectivity index (χ1n) is 7.59. The number of methoxy groups -OCH3 is 1. The molecule has 2 rings (SSSR count). The van der Waals surface area contributed by atoms with Crippen LogP contribution in [0, 0.1) is 0 Å². The molecule has 0 saturated carbocycles. The van der Waals surface area contributed by atoms with E-state index in [0.29, 0.717) is 6.61 Å². The molecule has 2 aromatic rings. The molecule has 0 atom stereocenters. The largest absolute Gasteiger partial charge is 0.487 e. The summed E-state index contributed by atoms with van der Waals surface area (Å²) in [7, 11) is 1.71. The summed E-state index contributed by atoms with van der Waals surface area (Å²) < 4.78 is 10.9. The average molecular weight is 300 g/mol. The van der Waals surface area contributed by atoms with Crippen molar-refractivity contribution in [3.63, 3.8) is 0 Å². The van der Waals surface area contributed by atoms with Crippen LogP contribution in [0.4, 0.5) is 5.69 Å². The van der Waals surface area contributed by atoms with Crippen LogP contribution in [0.15, 0.2) is 54.6 Å². The van der Waals surface area contributed by atoms with Crippen LogP contribution < -0.4 is 15.4 Å². The zero-order valence-corrected chi connectivity index (χ0v) is 13.0. The van der Waals surface area contributed by atoms with Crippen molar-refractivity contribution in [1.29, 1.82) is 0 Å². The van der Waals surface area contributed by atoms with Gasteiger partial charge in [-0.05, 0) is 17.7 Å². The van der Waals surface area contributed by atoms with Gasteiger partial charge in [-0.15, -0.1) is 0 Å². The van der Waals surface area contributed by atoms with Crippen molar-refractivity contribution in [2.75, 3.05) is 38.7 Å². The number of nitrogens with one attached hydrogen (secondary N) is 2. The fraction of sp³-hybridized carbons (Fsp3) is 0.333. The maximum absolute atomic E-state index is 5.92. The number of benzene rings is 2. The zero-order valence-electron chi connectivity index (χ0n) is 13.0. The lowest BCUT2D eigenvalue weighted by Gasteiger charge is -2.13. The van der Waals surface area contributed by atoms with Crippen LogP contribution in [-0.2, 0) is 11.3 Å². The fourth-order valence-corrected chi connectivity index (χ4v) is 2.06. The Hall–Kier alpha value is -2.04. The minimum atomic E-state index is 0.575. The smallest absolute Gasteiger partial charge is 0.142 e. The molecule has 0 heterocycles. The Morgan fingerprint density at radius 2 is 1.64 bits per heavy atom. The molecule has 0 aliphatic carbocycles. The second-order valence-electron chi connectivity index (χ2n) is 4.94. The van der Waals surface area contributed by atoms with Crippen LogP contribution in [0.5, 0.6) is 5.75 Å². The summed E-state index contributed by atoms with van der Waals surface area (Å²) in [6.45, 7) is 3.90. The molecule has 0 aliphatic rings. The molecule has 0 bridgehead atoms. The van der Waals surface area contributed by atoms with Crippen LogP contribution in [-0.4, -0.2) is 33.4 Å². The first kappa shape index (κ1) is 16.3. The first-order valence-corrected chi connectivity index (χ1v) is 7.59. The van der Waals surface area contributed by atoms with E-state index >= 15 is 0 Å². The Bertz CT molecular complexity index is 532. The summed E-state index contributed by atoms with van der Waals surface area (Å²) in [6.07, 6.45) is 0. The Morgan fingerprint density at radius 1 is 0.864 bits per heavy atom. The van der Waals surface area contributed by atoms with Gasteiger partial charge in [0.2, 0.25) is 0 Å². The summed E-state index contributed by atoms with van der Waals surface area (Å²) in [5.74, 6) is 0.878. The van der Waals surface area contributed by atoms with E-state index in [4.69, 9.17) is 9.47 Å². The van der Waals surface area contributed by atoms with Gasteiger partial charge >= 0.3 is 0 Å². The SMILES string of the molecule is COCCNCCNc1ccccc1OCc1ccccc1. The molecule has 2 N–H and O–H groups in total. The van der Waals surface area contributed by atoms with E-state index in [1.54, 1.807) is 7.11 Å². The molecule has 0 saturated heterocycles. The Labute approximate surface area is 132 Å². The quantitative estimate of drug-likeness (QED) is 0.662. The number of para-hydroxylation sites is 2. The Morgan fingerprint density at radius 3 is 2.45 bits per heavy atom. The van der Waals surface area contributed by atoms with E-state index in [1.807, 2.05) is 42.5 Å². The van der Waals surface area contributed by atoms with Gasteiger partial charge in [-0.3, -0.25) is 0 Å². The van der Waals surface area contributed by atoms with Crippen molar-refractivity contribution in [3.8, 4) is 5.75 Å². The predicted octanol–water partition coefficient (Wildman–Crippen LogP) is 2.91. The standard InChI is InChI=1S/C18H24N2O2/c1-21-14-13-19-11-12-20-17-9-5-6-10-18(17)22-15-16-7-3-2-4-8-16/h2-10,19-20H,11-15H2,1H3. The van der Waals surface area contributed by atoms with Gasteiger partial charge in [0.15, 0.2) is 0 Å². The van der Waals surface area contributed by atoms with Crippen molar-refractivity contribution in [2.24, 2.45) is 0 Å². The predicted molar refractivity (Wildman–Crippen MR) is 90.5 cm³/mol. The summed E-state index contributed by atoms with van der Waals surface area (Å²) in [5, 5.41) is 6.70. The fourth-order valence-electron chi connectivity index (χ4n) is 2.06. The van der Waals surface area contributed by atoms with Gasteiger partial charge in [-0.1, -0.05) is 42.5 Å². The van der Waals surface area contributed by atoms with Gasteiger partial charge < -0.3 is 20.1 Å². The van der Waals surface area contributed by atoms with Crippen LogP contribution >= 0.6 is 0 Å². The molecule has 0 aromatic heterocycles. The zero-order chi connectivity index (χ0) is 15.5. The number of hydrogen-bond acceptors (Lipinski definition) is 4. The minimum Gasteiger partial charge on any atom is -0.487 e. The van der Waals surface area contributed by atoms with E-state index in [9.17, 15) is 0 Å². The third-order valence-electron chi connectivity index (χ3n) is 3.22. The molecule has 0 unspecified atom stereocenters. The molecular weight excluding hydrogens is 276 g/mol. The second-order valence-corrected chi connectivity index (χ2v) is 4.94. The van der Waals surface area contributed by atoms with Gasteiger partial charge in [0.05, 0.1) is 12.3 Å². The number of hydrogen-bond donors (Lipinski definition) is 2. The minimum absolute atomic E-state index is 0.575. The highest BCUT2D eigenvalue weighted by atomic mass is 16.5. The molecule has 0 spiro atoms.